The smallest absolute Gasteiger partial charge is 0.253 e. The number of aryl methyl sites for hydroxylation is 1. The molecule has 0 atom stereocenters. The Morgan fingerprint density at radius 2 is 1.64 bits per heavy atom. The molecule has 130 valence electrons. The number of rotatable bonds is 6. The minimum absolute atomic E-state index is 0.00215. The molecule has 2 rings (SSSR count). The summed E-state index contributed by atoms with van der Waals surface area (Å²) >= 11 is 0. The van der Waals surface area contributed by atoms with Crippen LogP contribution in [0, 0.1) is 6.92 Å². The average Bonchev–Trinajstić information content (AvgIpc) is 2.62. The zero-order valence-electron chi connectivity index (χ0n) is 15.0. The van der Waals surface area contributed by atoms with Gasteiger partial charge in [-0.1, -0.05) is 24.3 Å². The van der Waals surface area contributed by atoms with E-state index in [2.05, 4.69) is 5.32 Å². The van der Waals surface area contributed by atoms with E-state index in [9.17, 15) is 9.59 Å². The second-order valence-corrected chi connectivity index (χ2v) is 5.73. The van der Waals surface area contributed by atoms with Crippen molar-refractivity contribution in [1.29, 1.82) is 0 Å². The molecule has 0 bridgehead atoms. The molecule has 0 saturated heterocycles. The number of carbonyl (C=O) groups is 2. The van der Waals surface area contributed by atoms with Crippen LogP contribution in [0.15, 0.2) is 54.6 Å². The Labute approximate surface area is 149 Å². The van der Waals surface area contributed by atoms with E-state index < -0.39 is 0 Å². The van der Waals surface area contributed by atoms with Gasteiger partial charge in [0.1, 0.15) is 0 Å². The molecule has 0 aromatic heterocycles. The van der Waals surface area contributed by atoms with E-state index in [1.807, 2.05) is 45.0 Å². The van der Waals surface area contributed by atoms with Crippen LogP contribution >= 0.6 is 0 Å². The Morgan fingerprint density at radius 1 is 1.00 bits per heavy atom. The first-order valence-electron chi connectivity index (χ1n) is 8.49. The van der Waals surface area contributed by atoms with Crippen molar-refractivity contribution in [2.45, 2.75) is 20.8 Å². The second kappa shape index (κ2) is 8.83. The number of anilines is 1. The minimum Gasteiger partial charge on any atom is -0.339 e. The summed E-state index contributed by atoms with van der Waals surface area (Å²) in [5.74, 6) is -0.201. The fraction of sp³-hybridized carbons (Fsp3) is 0.238. The predicted molar refractivity (Wildman–Crippen MR) is 103 cm³/mol. The molecule has 0 aliphatic rings. The normalized spacial score (nSPS) is 10.7. The summed E-state index contributed by atoms with van der Waals surface area (Å²) in [5, 5.41) is 2.80. The van der Waals surface area contributed by atoms with Gasteiger partial charge in [0.25, 0.3) is 5.91 Å². The van der Waals surface area contributed by atoms with Crippen molar-refractivity contribution in [3.63, 3.8) is 0 Å². The second-order valence-electron chi connectivity index (χ2n) is 5.73. The fourth-order valence-corrected chi connectivity index (χ4v) is 2.51. The van der Waals surface area contributed by atoms with Gasteiger partial charge < -0.3 is 10.2 Å². The van der Waals surface area contributed by atoms with Gasteiger partial charge in [-0.25, -0.2) is 0 Å². The van der Waals surface area contributed by atoms with Crippen molar-refractivity contribution in [1.82, 2.24) is 4.90 Å². The number of nitrogens with one attached hydrogen (secondary N) is 1. The van der Waals surface area contributed by atoms with Gasteiger partial charge in [-0.2, -0.15) is 0 Å². The highest BCUT2D eigenvalue weighted by atomic mass is 16.2. The molecular formula is C21H24N2O2. The highest BCUT2D eigenvalue weighted by Crippen LogP contribution is 2.13. The lowest BCUT2D eigenvalue weighted by atomic mass is 10.1. The predicted octanol–water partition coefficient (Wildman–Crippen LogP) is 4.13. The van der Waals surface area contributed by atoms with Crippen LogP contribution in [0.4, 0.5) is 5.69 Å². The summed E-state index contributed by atoms with van der Waals surface area (Å²) < 4.78 is 0. The lowest BCUT2D eigenvalue weighted by Gasteiger charge is -2.18. The molecular weight excluding hydrogens is 312 g/mol. The SMILES string of the molecule is CCN(CC)C(=O)c1ccc(NC(=O)/C=C/c2ccccc2C)cc1. The molecule has 0 saturated carbocycles. The first-order valence-corrected chi connectivity index (χ1v) is 8.49. The molecule has 25 heavy (non-hydrogen) atoms. The highest BCUT2D eigenvalue weighted by Gasteiger charge is 2.12. The Bertz CT molecular complexity index is 760. The summed E-state index contributed by atoms with van der Waals surface area (Å²) in [6.07, 6.45) is 3.31. The molecule has 0 aliphatic heterocycles. The third kappa shape index (κ3) is 5.05. The van der Waals surface area contributed by atoms with Crippen molar-refractivity contribution in [2.24, 2.45) is 0 Å². The van der Waals surface area contributed by atoms with Crippen LogP contribution < -0.4 is 5.32 Å². The van der Waals surface area contributed by atoms with E-state index in [-0.39, 0.29) is 11.8 Å². The maximum atomic E-state index is 12.3. The number of hydrogen-bond donors (Lipinski definition) is 1. The zero-order chi connectivity index (χ0) is 18.2. The van der Waals surface area contributed by atoms with E-state index >= 15 is 0 Å². The molecule has 0 spiro atoms. The van der Waals surface area contributed by atoms with Gasteiger partial charge in [0.15, 0.2) is 0 Å². The standard InChI is InChI=1S/C21H24N2O2/c1-4-23(5-2)21(25)18-10-13-19(14-11-18)22-20(24)15-12-17-9-7-6-8-16(17)3/h6-15H,4-5H2,1-3H3,(H,22,24)/b15-12+. The lowest BCUT2D eigenvalue weighted by molar-refractivity contribution is -0.111. The van der Waals surface area contributed by atoms with E-state index in [4.69, 9.17) is 0 Å². The third-order valence-electron chi connectivity index (χ3n) is 4.05. The van der Waals surface area contributed by atoms with Crippen molar-refractivity contribution >= 4 is 23.6 Å². The lowest BCUT2D eigenvalue weighted by Crippen LogP contribution is -2.30. The van der Waals surface area contributed by atoms with Crippen molar-refractivity contribution in [3.05, 3.63) is 71.3 Å². The minimum atomic E-state index is -0.203. The average molecular weight is 336 g/mol. The quantitative estimate of drug-likeness (QED) is 0.806. The Hall–Kier alpha value is -2.88. The molecule has 4 heteroatoms. The largest absolute Gasteiger partial charge is 0.339 e. The van der Waals surface area contributed by atoms with Gasteiger partial charge in [-0.05, 0) is 62.2 Å². The van der Waals surface area contributed by atoms with Gasteiger partial charge in [0.05, 0.1) is 0 Å². The fourth-order valence-electron chi connectivity index (χ4n) is 2.51. The number of nitrogens with zero attached hydrogens (tertiary/aromatic N) is 1. The number of benzene rings is 2. The summed E-state index contributed by atoms with van der Waals surface area (Å²) in [6.45, 7) is 7.27. The summed E-state index contributed by atoms with van der Waals surface area (Å²) in [5.41, 5.74) is 3.41. The molecule has 0 fully saturated rings. The highest BCUT2D eigenvalue weighted by molar-refractivity contribution is 6.02. The van der Waals surface area contributed by atoms with Crippen LogP contribution in [-0.4, -0.2) is 29.8 Å². The van der Waals surface area contributed by atoms with Gasteiger partial charge in [0, 0.05) is 30.4 Å². The first-order chi connectivity index (χ1) is 12.0. The zero-order valence-corrected chi connectivity index (χ0v) is 15.0. The molecule has 2 aromatic rings. The van der Waals surface area contributed by atoms with Crippen LogP contribution in [0.2, 0.25) is 0 Å². The van der Waals surface area contributed by atoms with Crippen LogP contribution in [0.1, 0.15) is 35.3 Å². The van der Waals surface area contributed by atoms with Gasteiger partial charge >= 0.3 is 0 Å². The molecule has 2 amide bonds. The Balaban J connectivity index is 2.00. The molecule has 0 heterocycles. The van der Waals surface area contributed by atoms with Crippen molar-refractivity contribution in [3.8, 4) is 0 Å². The topological polar surface area (TPSA) is 49.4 Å². The molecule has 0 radical (unpaired) electrons. The first kappa shape index (κ1) is 18.5. The Kier molecular flexibility index (Phi) is 6.52. The van der Waals surface area contributed by atoms with Crippen LogP contribution in [0.3, 0.4) is 0 Å². The van der Waals surface area contributed by atoms with E-state index in [0.717, 1.165) is 11.1 Å². The summed E-state index contributed by atoms with van der Waals surface area (Å²) in [6, 6.07) is 14.8. The molecule has 2 aromatic carbocycles. The van der Waals surface area contributed by atoms with E-state index in [1.165, 1.54) is 6.08 Å². The number of hydrogen-bond acceptors (Lipinski definition) is 2. The van der Waals surface area contributed by atoms with E-state index in [1.54, 1.807) is 35.2 Å². The van der Waals surface area contributed by atoms with Crippen molar-refractivity contribution in [2.75, 3.05) is 18.4 Å². The van der Waals surface area contributed by atoms with Gasteiger partial charge in [-0.15, -0.1) is 0 Å². The van der Waals surface area contributed by atoms with Crippen LogP contribution in [0.5, 0.6) is 0 Å². The number of carbonyl (C=O) groups excluding carboxylic acids is 2. The van der Waals surface area contributed by atoms with Crippen molar-refractivity contribution < 1.29 is 9.59 Å². The number of amides is 2. The maximum Gasteiger partial charge on any atom is 0.253 e. The third-order valence-corrected chi connectivity index (χ3v) is 4.05. The van der Waals surface area contributed by atoms with Gasteiger partial charge in [0.2, 0.25) is 5.91 Å². The van der Waals surface area contributed by atoms with Gasteiger partial charge in [-0.3, -0.25) is 9.59 Å². The summed E-state index contributed by atoms with van der Waals surface area (Å²) in [7, 11) is 0. The molecule has 0 aliphatic carbocycles. The monoisotopic (exact) mass is 336 g/mol. The van der Waals surface area contributed by atoms with Crippen LogP contribution in [-0.2, 0) is 4.79 Å². The van der Waals surface area contributed by atoms with E-state index in [0.29, 0.717) is 24.3 Å². The maximum absolute atomic E-state index is 12.3. The Morgan fingerprint density at radius 3 is 2.24 bits per heavy atom. The molecule has 0 unspecified atom stereocenters. The van der Waals surface area contributed by atoms with Crippen LogP contribution in [0.25, 0.3) is 6.08 Å². The molecule has 1 N–H and O–H groups in total. The molecule has 4 nitrogen and oxygen atoms in total. The summed E-state index contributed by atoms with van der Waals surface area (Å²) in [4.78, 5) is 26.1.